The lowest BCUT2D eigenvalue weighted by Gasteiger charge is -1.97. The number of hydrogen-bond acceptors (Lipinski definition) is 4. The van der Waals surface area contributed by atoms with Crippen LogP contribution in [0.25, 0.3) is 0 Å². The van der Waals surface area contributed by atoms with E-state index in [0.29, 0.717) is 0 Å². The van der Waals surface area contributed by atoms with E-state index in [1.165, 1.54) is 0 Å². The van der Waals surface area contributed by atoms with E-state index in [2.05, 4.69) is 14.7 Å². The summed E-state index contributed by atoms with van der Waals surface area (Å²) in [6.07, 6.45) is 0. The van der Waals surface area contributed by atoms with Crippen LogP contribution in [0.1, 0.15) is 5.89 Å². The van der Waals surface area contributed by atoms with Crippen LogP contribution in [-0.2, 0) is 4.83 Å². The zero-order valence-electron chi connectivity index (χ0n) is 4.51. The van der Waals surface area contributed by atoms with Crippen molar-refractivity contribution in [2.24, 2.45) is 0 Å². The van der Waals surface area contributed by atoms with E-state index in [1.54, 1.807) is 0 Å². The van der Waals surface area contributed by atoms with Gasteiger partial charge in [0.2, 0.25) is 0 Å². The Morgan fingerprint density at radius 2 is 2.20 bits per heavy atom. The van der Waals surface area contributed by atoms with Gasteiger partial charge in [0.25, 0.3) is 5.95 Å². The molecular weight excluding hydrogens is 212 g/mol. The maximum atomic E-state index is 12.1. The molecule has 0 saturated heterocycles. The van der Waals surface area contributed by atoms with E-state index in [9.17, 15) is 8.78 Å². The van der Waals surface area contributed by atoms with E-state index in [4.69, 9.17) is 5.73 Å². The van der Waals surface area contributed by atoms with Crippen molar-refractivity contribution in [1.29, 1.82) is 0 Å². The van der Waals surface area contributed by atoms with Gasteiger partial charge in [-0.15, -0.1) is 0 Å². The number of nitrogens with zero attached hydrogens (tertiary/aromatic N) is 2. The van der Waals surface area contributed by atoms with Crippen molar-refractivity contribution in [2.45, 2.75) is 4.83 Å². The highest BCUT2D eigenvalue weighted by molar-refractivity contribution is 9.09. The molecular formula is C3H2BrF2N3O. The molecule has 0 atom stereocenters. The predicted octanol–water partition coefficient (Wildman–Crippen LogP) is 1.10. The van der Waals surface area contributed by atoms with E-state index in [1.807, 2.05) is 15.9 Å². The van der Waals surface area contributed by atoms with Crippen molar-refractivity contribution in [2.75, 3.05) is 5.73 Å². The summed E-state index contributed by atoms with van der Waals surface area (Å²) in [4.78, 5) is -0.209. The quantitative estimate of drug-likeness (QED) is 0.710. The van der Waals surface area contributed by atoms with Crippen LogP contribution >= 0.6 is 15.9 Å². The van der Waals surface area contributed by atoms with Crippen molar-refractivity contribution < 1.29 is 13.3 Å². The SMILES string of the molecule is Nc1noc(C(F)(F)Br)n1. The highest BCUT2D eigenvalue weighted by Gasteiger charge is 2.34. The fourth-order valence-corrected chi connectivity index (χ4v) is 0.511. The smallest absolute Gasteiger partial charge is 0.365 e. The molecule has 0 saturated carbocycles. The summed E-state index contributed by atoms with van der Waals surface area (Å²) >= 11 is 2.01. The summed E-state index contributed by atoms with van der Waals surface area (Å²) in [5, 5.41) is 2.96. The third-order valence-corrected chi connectivity index (χ3v) is 1.02. The number of aromatic nitrogens is 2. The summed E-state index contributed by atoms with van der Waals surface area (Å²) in [5.74, 6) is -1.15. The lowest BCUT2D eigenvalue weighted by molar-refractivity contribution is 0.0725. The number of nitrogen functional groups attached to an aromatic ring is 1. The Morgan fingerprint density at radius 3 is 2.40 bits per heavy atom. The van der Waals surface area contributed by atoms with Crippen LogP contribution in [0.5, 0.6) is 0 Å². The van der Waals surface area contributed by atoms with Crippen molar-refractivity contribution in [1.82, 2.24) is 10.1 Å². The van der Waals surface area contributed by atoms with Crippen LogP contribution < -0.4 is 5.73 Å². The molecule has 2 N–H and O–H groups in total. The Bertz CT molecular complexity index is 232. The van der Waals surface area contributed by atoms with Crippen LogP contribution in [0.4, 0.5) is 14.7 Å². The lowest BCUT2D eigenvalue weighted by atomic mass is 10.7. The first kappa shape index (κ1) is 7.39. The van der Waals surface area contributed by atoms with Crippen molar-refractivity contribution in [3.8, 4) is 0 Å². The van der Waals surface area contributed by atoms with Crippen LogP contribution in [0, 0.1) is 0 Å². The van der Waals surface area contributed by atoms with Gasteiger partial charge in [-0.1, -0.05) is 0 Å². The Balaban J connectivity index is 2.96. The largest absolute Gasteiger partial charge is 0.378 e. The van der Waals surface area contributed by atoms with Gasteiger partial charge in [0.05, 0.1) is 0 Å². The molecule has 0 aromatic carbocycles. The highest BCUT2D eigenvalue weighted by Crippen LogP contribution is 2.32. The molecule has 1 heterocycles. The first-order valence-corrected chi connectivity index (χ1v) is 2.96. The Hall–Kier alpha value is -0.720. The molecule has 0 unspecified atom stereocenters. The number of anilines is 1. The summed E-state index contributed by atoms with van der Waals surface area (Å²) in [6, 6.07) is 0. The zero-order valence-corrected chi connectivity index (χ0v) is 6.10. The fraction of sp³-hybridized carbons (Fsp3) is 0.333. The number of alkyl halides is 3. The normalized spacial score (nSPS) is 11.9. The van der Waals surface area contributed by atoms with Gasteiger partial charge in [0.1, 0.15) is 0 Å². The van der Waals surface area contributed by atoms with Gasteiger partial charge in [-0.25, -0.2) is 0 Å². The maximum absolute atomic E-state index is 12.1. The first-order valence-electron chi connectivity index (χ1n) is 2.16. The summed E-state index contributed by atoms with van der Waals surface area (Å²) in [5.41, 5.74) is 4.91. The van der Waals surface area contributed by atoms with Gasteiger partial charge in [-0.05, 0) is 5.16 Å². The fourth-order valence-electron chi connectivity index (χ4n) is 0.350. The van der Waals surface area contributed by atoms with Crippen LogP contribution in [0.15, 0.2) is 4.52 Å². The number of nitrogens with two attached hydrogens (primary N) is 1. The summed E-state index contributed by atoms with van der Waals surface area (Å²) in [7, 11) is 0. The molecule has 0 spiro atoms. The second kappa shape index (κ2) is 2.15. The Kier molecular flexibility index (Phi) is 1.59. The van der Waals surface area contributed by atoms with Gasteiger partial charge in [-0.2, -0.15) is 13.8 Å². The molecule has 0 fully saturated rings. The van der Waals surface area contributed by atoms with Gasteiger partial charge in [0.15, 0.2) is 0 Å². The molecule has 0 aliphatic carbocycles. The molecule has 1 rings (SSSR count). The minimum Gasteiger partial charge on any atom is -0.365 e. The van der Waals surface area contributed by atoms with Gasteiger partial charge in [-0.3, -0.25) is 0 Å². The first-order chi connectivity index (χ1) is 4.50. The molecule has 0 bridgehead atoms. The monoisotopic (exact) mass is 213 g/mol. The van der Waals surface area contributed by atoms with Crippen molar-refractivity contribution in [3.05, 3.63) is 5.89 Å². The standard InChI is InChI=1S/C3H2BrF2N3O/c4-3(5,6)1-8-2(7)9-10-1/h(H2,7,9). The molecule has 56 valence electrons. The molecule has 0 aliphatic rings. The molecule has 10 heavy (non-hydrogen) atoms. The predicted molar refractivity (Wildman–Crippen MR) is 31.5 cm³/mol. The van der Waals surface area contributed by atoms with Gasteiger partial charge in [0, 0.05) is 15.9 Å². The van der Waals surface area contributed by atoms with Gasteiger partial charge < -0.3 is 10.3 Å². The van der Waals surface area contributed by atoms with E-state index in [0.717, 1.165) is 0 Å². The molecule has 0 amide bonds. The topological polar surface area (TPSA) is 64.9 Å². The average Bonchev–Trinajstić information content (AvgIpc) is 2.11. The maximum Gasteiger partial charge on any atom is 0.378 e. The van der Waals surface area contributed by atoms with Crippen LogP contribution in [0.3, 0.4) is 0 Å². The lowest BCUT2D eigenvalue weighted by Crippen LogP contribution is -2.02. The summed E-state index contributed by atoms with van der Waals surface area (Å²) < 4.78 is 28.3. The third kappa shape index (κ3) is 1.41. The second-order valence-corrected chi connectivity index (χ2v) is 2.45. The van der Waals surface area contributed by atoms with Gasteiger partial charge >= 0.3 is 10.7 Å². The van der Waals surface area contributed by atoms with Crippen molar-refractivity contribution >= 4 is 21.9 Å². The summed E-state index contributed by atoms with van der Waals surface area (Å²) in [6.45, 7) is 0. The van der Waals surface area contributed by atoms with E-state index < -0.39 is 10.7 Å². The minimum atomic E-state index is -3.29. The van der Waals surface area contributed by atoms with Crippen LogP contribution in [0.2, 0.25) is 0 Å². The number of rotatable bonds is 1. The molecule has 4 nitrogen and oxygen atoms in total. The Morgan fingerprint density at radius 1 is 1.60 bits per heavy atom. The molecule has 1 aromatic heterocycles. The highest BCUT2D eigenvalue weighted by atomic mass is 79.9. The van der Waals surface area contributed by atoms with Crippen molar-refractivity contribution in [3.63, 3.8) is 0 Å². The van der Waals surface area contributed by atoms with E-state index >= 15 is 0 Å². The number of halogens is 3. The zero-order chi connectivity index (χ0) is 7.78. The molecule has 1 aromatic rings. The minimum absolute atomic E-state index is 0.311. The molecule has 7 heteroatoms. The average molecular weight is 214 g/mol. The third-order valence-electron chi connectivity index (χ3n) is 0.684. The second-order valence-electron chi connectivity index (χ2n) is 1.46. The Labute approximate surface area is 62.5 Å². The van der Waals surface area contributed by atoms with Crippen LogP contribution in [-0.4, -0.2) is 10.1 Å². The molecule has 0 radical (unpaired) electrons. The van der Waals surface area contributed by atoms with E-state index in [-0.39, 0.29) is 5.95 Å². The molecule has 0 aliphatic heterocycles. The number of hydrogen-bond donors (Lipinski definition) is 1.